The van der Waals surface area contributed by atoms with Crippen LogP contribution in [0, 0.1) is 0 Å². The number of morpholine rings is 2. The molecule has 0 aromatic carbocycles. The lowest BCUT2D eigenvalue weighted by molar-refractivity contribution is -0.0387. The van der Waals surface area contributed by atoms with E-state index < -0.39 is 10.4 Å². The average molecular weight is 328 g/mol. The highest BCUT2D eigenvalue weighted by Crippen LogP contribution is 2.09. The number of ether oxygens (including phenoxy) is 2. The molecule has 0 unspecified atom stereocenters. The minimum atomic E-state index is -4.67. The Balaban J connectivity index is 0.000000296. The second-order valence-electron chi connectivity index (χ2n) is 6.02. The first kappa shape index (κ1) is 20.7. The highest BCUT2D eigenvalue weighted by Gasteiger charge is 2.21. The van der Waals surface area contributed by atoms with Crippen molar-refractivity contribution in [1.82, 2.24) is 10.6 Å². The lowest BCUT2D eigenvalue weighted by Gasteiger charge is -2.30. The Bertz CT molecular complexity index is 337. The molecule has 4 N–H and O–H groups in total. The van der Waals surface area contributed by atoms with Crippen molar-refractivity contribution < 1.29 is 27.0 Å². The highest BCUT2D eigenvalue weighted by molar-refractivity contribution is 7.79. The van der Waals surface area contributed by atoms with Gasteiger partial charge in [-0.2, -0.15) is 8.42 Å². The van der Waals surface area contributed by atoms with E-state index in [-0.39, 0.29) is 11.2 Å². The highest BCUT2D eigenvalue weighted by atomic mass is 32.3. The van der Waals surface area contributed by atoms with Crippen molar-refractivity contribution >= 4 is 10.4 Å². The summed E-state index contributed by atoms with van der Waals surface area (Å²) in [5.74, 6) is 0. The molecule has 9 heteroatoms. The number of hydrogen-bond acceptors (Lipinski definition) is 6. The predicted molar refractivity (Wildman–Crippen MR) is 80.0 cm³/mol. The van der Waals surface area contributed by atoms with Crippen LogP contribution < -0.4 is 10.6 Å². The fraction of sp³-hybridized carbons (Fsp3) is 1.00. The third-order valence-electron chi connectivity index (χ3n) is 2.64. The molecule has 0 aliphatic carbocycles. The van der Waals surface area contributed by atoms with Gasteiger partial charge in [0.05, 0.1) is 24.4 Å². The topological polar surface area (TPSA) is 117 Å². The van der Waals surface area contributed by atoms with Crippen LogP contribution in [0.2, 0.25) is 0 Å². The van der Waals surface area contributed by atoms with E-state index in [1.54, 1.807) is 0 Å². The molecule has 21 heavy (non-hydrogen) atoms. The van der Waals surface area contributed by atoms with Gasteiger partial charge in [0, 0.05) is 26.2 Å². The van der Waals surface area contributed by atoms with Crippen LogP contribution in [0.1, 0.15) is 27.7 Å². The lowest BCUT2D eigenvalue weighted by Crippen LogP contribution is -2.45. The van der Waals surface area contributed by atoms with Crippen LogP contribution in [0.5, 0.6) is 0 Å². The molecular formula is C12H28N2O6S. The fourth-order valence-corrected chi connectivity index (χ4v) is 1.68. The van der Waals surface area contributed by atoms with Crippen LogP contribution >= 0.6 is 0 Å². The zero-order chi connectivity index (χ0) is 16.6. The fourth-order valence-electron chi connectivity index (χ4n) is 1.68. The summed E-state index contributed by atoms with van der Waals surface area (Å²) in [6.45, 7) is 14.1. The summed E-state index contributed by atoms with van der Waals surface area (Å²) in [5.41, 5.74) is 0.135. The van der Waals surface area contributed by atoms with Gasteiger partial charge in [-0.1, -0.05) is 0 Å². The van der Waals surface area contributed by atoms with E-state index in [4.69, 9.17) is 27.0 Å². The van der Waals surface area contributed by atoms with Crippen molar-refractivity contribution in [2.75, 3.05) is 39.4 Å². The zero-order valence-electron chi connectivity index (χ0n) is 13.2. The summed E-state index contributed by atoms with van der Waals surface area (Å²) in [6, 6.07) is 0. The van der Waals surface area contributed by atoms with Crippen LogP contribution in [-0.2, 0) is 19.9 Å². The van der Waals surface area contributed by atoms with Crippen molar-refractivity contribution in [3.05, 3.63) is 0 Å². The number of rotatable bonds is 0. The molecule has 0 aromatic heterocycles. The van der Waals surface area contributed by atoms with Gasteiger partial charge < -0.3 is 20.1 Å². The predicted octanol–water partition coefficient (Wildman–Crippen LogP) is 0.117. The summed E-state index contributed by atoms with van der Waals surface area (Å²) in [6.07, 6.45) is 0. The van der Waals surface area contributed by atoms with Crippen molar-refractivity contribution in [3.63, 3.8) is 0 Å². The molecule has 2 aliphatic heterocycles. The van der Waals surface area contributed by atoms with Gasteiger partial charge >= 0.3 is 10.4 Å². The quantitative estimate of drug-likeness (QED) is 0.463. The van der Waals surface area contributed by atoms with Crippen LogP contribution in [-0.4, -0.2) is 68.1 Å². The van der Waals surface area contributed by atoms with E-state index >= 15 is 0 Å². The Kier molecular flexibility index (Phi) is 8.86. The maximum absolute atomic E-state index is 8.74. The first-order valence-corrected chi connectivity index (χ1v) is 8.20. The van der Waals surface area contributed by atoms with Gasteiger partial charge in [0.25, 0.3) is 0 Å². The Morgan fingerprint density at radius 1 is 0.857 bits per heavy atom. The van der Waals surface area contributed by atoms with Gasteiger partial charge in [0.15, 0.2) is 0 Å². The normalized spacial score (nSPS) is 23.9. The van der Waals surface area contributed by atoms with Gasteiger partial charge in [-0.15, -0.1) is 0 Å². The zero-order valence-corrected chi connectivity index (χ0v) is 14.0. The molecule has 2 fully saturated rings. The summed E-state index contributed by atoms with van der Waals surface area (Å²) in [7, 11) is -4.67. The second-order valence-corrected chi connectivity index (χ2v) is 6.91. The molecule has 2 saturated heterocycles. The standard InChI is InChI=1S/2C6H13NO.H2O4S/c2*1-6(2)5-7-3-4-8-6;1-5(2,3)4/h2*7H,3-5H2,1-2H3;(H2,1,2,3,4). The third-order valence-corrected chi connectivity index (χ3v) is 2.64. The Labute approximate surface area is 127 Å². The molecule has 8 nitrogen and oxygen atoms in total. The van der Waals surface area contributed by atoms with E-state index in [9.17, 15) is 0 Å². The van der Waals surface area contributed by atoms with Crippen LogP contribution in [0.4, 0.5) is 0 Å². The molecule has 0 aromatic rings. The third kappa shape index (κ3) is 15.9. The minimum absolute atomic E-state index is 0.0677. The summed E-state index contributed by atoms with van der Waals surface area (Å²) < 4.78 is 42.4. The van der Waals surface area contributed by atoms with Crippen molar-refractivity contribution in [1.29, 1.82) is 0 Å². The smallest absolute Gasteiger partial charge is 0.373 e. The van der Waals surface area contributed by atoms with Crippen molar-refractivity contribution in [2.45, 2.75) is 38.9 Å². The van der Waals surface area contributed by atoms with Crippen molar-refractivity contribution in [2.24, 2.45) is 0 Å². The first-order chi connectivity index (χ1) is 9.41. The molecule has 2 heterocycles. The molecule has 0 radical (unpaired) electrons. The summed E-state index contributed by atoms with van der Waals surface area (Å²) >= 11 is 0. The molecule has 0 bridgehead atoms. The Morgan fingerprint density at radius 3 is 1.24 bits per heavy atom. The van der Waals surface area contributed by atoms with Gasteiger partial charge in [-0.3, -0.25) is 9.11 Å². The monoisotopic (exact) mass is 328 g/mol. The van der Waals surface area contributed by atoms with Gasteiger partial charge in [-0.25, -0.2) is 0 Å². The first-order valence-electron chi connectivity index (χ1n) is 6.81. The van der Waals surface area contributed by atoms with Crippen molar-refractivity contribution in [3.8, 4) is 0 Å². The Hall–Kier alpha value is -0.290. The molecule has 0 saturated carbocycles. The van der Waals surface area contributed by atoms with E-state index in [0.717, 1.165) is 39.4 Å². The van der Waals surface area contributed by atoms with E-state index in [0.29, 0.717) is 0 Å². The maximum atomic E-state index is 8.74. The molecule has 0 atom stereocenters. The maximum Gasteiger partial charge on any atom is 0.394 e. The van der Waals surface area contributed by atoms with Gasteiger partial charge in [0.2, 0.25) is 0 Å². The van der Waals surface area contributed by atoms with E-state index in [2.05, 4.69) is 38.3 Å². The average Bonchev–Trinajstić information content (AvgIpc) is 2.26. The minimum Gasteiger partial charge on any atom is -0.373 e. The molecule has 128 valence electrons. The van der Waals surface area contributed by atoms with Crippen LogP contribution in [0.15, 0.2) is 0 Å². The summed E-state index contributed by atoms with van der Waals surface area (Å²) in [4.78, 5) is 0. The van der Waals surface area contributed by atoms with E-state index in [1.807, 2.05) is 0 Å². The van der Waals surface area contributed by atoms with Gasteiger partial charge in [0.1, 0.15) is 0 Å². The largest absolute Gasteiger partial charge is 0.394 e. The second kappa shape index (κ2) is 8.99. The molecule has 0 spiro atoms. The molecular weight excluding hydrogens is 300 g/mol. The molecule has 2 aliphatic rings. The lowest BCUT2D eigenvalue weighted by atomic mass is 10.1. The molecule has 0 amide bonds. The SMILES string of the molecule is CC1(C)CNCCO1.CC1(C)CNCCO1.O=S(=O)(O)O. The number of hydrogen-bond donors (Lipinski definition) is 4. The molecule has 2 rings (SSSR count). The number of nitrogens with one attached hydrogen (secondary N) is 2. The van der Waals surface area contributed by atoms with Crippen LogP contribution in [0.25, 0.3) is 0 Å². The van der Waals surface area contributed by atoms with Crippen LogP contribution in [0.3, 0.4) is 0 Å². The Morgan fingerprint density at radius 2 is 1.14 bits per heavy atom. The summed E-state index contributed by atoms with van der Waals surface area (Å²) in [5, 5.41) is 6.50. The van der Waals surface area contributed by atoms with E-state index in [1.165, 1.54) is 0 Å². The van der Waals surface area contributed by atoms with Gasteiger partial charge in [-0.05, 0) is 27.7 Å².